The van der Waals surface area contributed by atoms with Gasteiger partial charge in [-0.3, -0.25) is 0 Å². The highest BCUT2D eigenvalue weighted by Gasteiger charge is 2.22. The minimum Gasteiger partial charge on any atom is -0.497 e. The van der Waals surface area contributed by atoms with Crippen molar-refractivity contribution in [2.45, 2.75) is 19.6 Å². The van der Waals surface area contributed by atoms with Crippen LogP contribution >= 0.6 is 0 Å². The standard InChI is InChI=1S/C12H18O3Si/c1-14-10-7-6-9(12(13)15-2)8-11(10)16(3,4)5/h6-8H,1-5H3. The van der Waals surface area contributed by atoms with Crippen molar-refractivity contribution in [1.82, 2.24) is 0 Å². The molecule has 0 amide bonds. The highest BCUT2D eigenvalue weighted by Crippen LogP contribution is 2.16. The molecular weight excluding hydrogens is 220 g/mol. The lowest BCUT2D eigenvalue weighted by molar-refractivity contribution is 0.0601. The number of benzene rings is 1. The first kappa shape index (κ1) is 12.8. The van der Waals surface area contributed by atoms with Crippen molar-refractivity contribution < 1.29 is 14.3 Å². The summed E-state index contributed by atoms with van der Waals surface area (Å²) >= 11 is 0. The lowest BCUT2D eigenvalue weighted by atomic mass is 10.2. The summed E-state index contributed by atoms with van der Waals surface area (Å²) in [5.74, 6) is 0.550. The van der Waals surface area contributed by atoms with Crippen LogP contribution in [-0.4, -0.2) is 28.3 Å². The molecule has 0 radical (unpaired) electrons. The van der Waals surface area contributed by atoms with Gasteiger partial charge in [0.1, 0.15) is 5.75 Å². The molecule has 3 nitrogen and oxygen atoms in total. The molecule has 1 aromatic rings. The molecule has 0 bridgehead atoms. The summed E-state index contributed by atoms with van der Waals surface area (Å²) in [6, 6.07) is 5.45. The maximum Gasteiger partial charge on any atom is 0.337 e. The zero-order valence-electron chi connectivity index (χ0n) is 10.5. The fourth-order valence-corrected chi connectivity index (χ4v) is 3.05. The van der Waals surface area contributed by atoms with E-state index in [1.165, 1.54) is 7.11 Å². The lowest BCUT2D eigenvalue weighted by Gasteiger charge is -2.20. The number of ether oxygens (including phenoxy) is 2. The molecule has 4 heteroatoms. The molecule has 0 aliphatic heterocycles. The number of carbonyl (C=O) groups excluding carboxylic acids is 1. The van der Waals surface area contributed by atoms with E-state index in [-0.39, 0.29) is 5.97 Å². The van der Waals surface area contributed by atoms with Gasteiger partial charge in [0.25, 0.3) is 0 Å². The second-order valence-electron chi connectivity index (χ2n) is 4.66. The van der Waals surface area contributed by atoms with E-state index in [0.717, 1.165) is 10.9 Å². The molecule has 0 aromatic heterocycles. The summed E-state index contributed by atoms with van der Waals surface area (Å²) in [7, 11) is 1.52. The average Bonchev–Trinajstić information content (AvgIpc) is 2.26. The molecule has 88 valence electrons. The topological polar surface area (TPSA) is 35.5 Å². The van der Waals surface area contributed by atoms with Crippen LogP contribution in [0.15, 0.2) is 18.2 Å². The van der Waals surface area contributed by atoms with Crippen molar-refractivity contribution in [2.75, 3.05) is 14.2 Å². The minimum atomic E-state index is -1.52. The number of methoxy groups -OCH3 is 2. The van der Waals surface area contributed by atoms with Gasteiger partial charge in [-0.2, -0.15) is 0 Å². The predicted octanol–water partition coefficient (Wildman–Crippen LogP) is 2.03. The Morgan fingerprint density at radius 2 is 1.81 bits per heavy atom. The summed E-state index contributed by atoms with van der Waals surface area (Å²) in [5.41, 5.74) is 0.584. The minimum absolute atomic E-state index is 0.304. The smallest absolute Gasteiger partial charge is 0.337 e. The van der Waals surface area contributed by atoms with Gasteiger partial charge in [0.05, 0.1) is 27.9 Å². The van der Waals surface area contributed by atoms with E-state index in [0.29, 0.717) is 5.56 Å². The number of hydrogen-bond acceptors (Lipinski definition) is 3. The molecule has 0 atom stereocenters. The van der Waals surface area contributed by atoms with Gasteiger partial charge in [0, 0.05) is 0 Å². The predicted molar refractivity (Wildman–Crippen MR) is 67.3 cm³/mol. The third-order valence-electron chi connectivity index (χ3n) is 2.43. The van der Waals surface area contributed by atoms with Gasteiger partial charge in [-0.05, 0) is 23.4 Å². The van der Waals surface area contributed by atoms with E-state index in [9.17, 15) is 4.79 Å². The molecule has 0 heterocycles. The van der Waals surface area contributed by atoms with Gasteiger partial charge in [0.2, 0.25) is 0 Å². The van der Waals surface area contributed by atoms with E-state index < -0.39 is 8.07 Å². The van der Waals surface area contributed by atoms with Gasteiger partial charge < -0.3 is 9.47 Å². The Morgan fingerprint density at radius 3 is 2.25 bits per heavy atom. The van der Waals surface area contributed by atoms with Crippen LogP contribution in [0.1, 0.15) is 10.4 Å². The van der Waals surface area contributed by atoms with Gasteiger partial charge in [-0.25, -0.2) is 4.79 Å². The van der Waals surface area contributed by atoms with Gasteiger partial charge >= 0.3 is 5.97 Å². The molecule has 1 aromatic carbocycles. The summed E-state index contributed by atoms with van der Waals surface area (Å²) in [6.07, 6.45) is 0. The van der Waals surface area contributed by atoms with Gasteiger partial charge in [0.15, 0.2) is 0 Å². The largest absolute Gasteiger partial charge is 0.497 e. The third-order valence-corrected chi connectivity index (χ3v) is 4.44. The molecular formula is C12H18O3Si. The molecule has 0 aliphatic rings. The Labute approximate surface area is 97.4 Å². The molecule has 0 fully saturated rings. The Bertz CT molecular complexity index is 394. The second-order valence-corrected chi connectivity index (χ2v) is 9.70. The Kier molecular flexibility index (Phi) is 3.75. The van der Waals surface area contributed by atoms with Crippen molar-refractivity contribution in [2.24, 2.45) is 0 Å². The normalized spacial score (nSPS) is 11.1. The van der Waals surface area contributed by atoms with Gasteiger partial charge in [-0.15, -0.1) is 0 Å². The monoisotopic (exact) mass is 238 g/mol. The first-order valence-electron chi connectivity index (χ1n) is 5.17. The van der Waals surface area contributed by atoms with Crippen LogP contribution in [0.5, 0.6) is 5.75 Å². The van der Waals surface area contributed by atoms with Gasteiger partial charge in [-0.1, -0.05) is 19.6 Å². The van der Waals surface area contributed by atoms with Crippen LogP contribution in [0.3, 0.4) is 0 Å². The number of rotatable bonds is 3. The van der Waals surface area contributed by atoms with Crippen LogP contribution in [0.4, 0.5) is 0 Å². The fraction of sp³-hybridized carbons (Fsp3) is 0.417. The summed E-state index contributed by atoms with van der Waals surface area (Å²) in [6.45, 7) is 6.64. The van der Waals surface area contributed by atoms with Crippen molar-refractivity contribution in [1.29, 1.82) is 0 Å². The van der Waals surface area contributed by atoms with E-state index in [1.807, 2.05) is 12.1 Å². The molecule has 16 heavy (non-hydrogen) atoms. The molecule has 0 N–H and O–H groups in total. The summed E-state index contributed by atoms with van der Waals surface area (Å²) in [4.78, 5) is 11.4. The zero-order valence-corrected chi connectivity index (χ0v) is 11.5. The summed E-state index contributed by atoms with van der Waals surface area (Å²) in [5, 5.41) is 1.14. The fourth-order valence-electron chi connectivity index (χ4n) is 1.54. The molecule has 0 aliphatic carbocycles. The van der Waals surface area contributed by atoms with Crippen LogP contribution in [0.2, 0.25) is 19.6 Å². The molecule has 0 unspecified atom stereocenters. The van der Waals surface area contributed by atoms with Crippen LogP contribution in [-0.2, 0) is 4.74 Å². The van der Waals surface area contributed by atoms with Crippen LogP contribution in [0, 0.1) is 0 Å². The zero-order chi connectivity index (χ0) is 12.3. The molecule has 1 rings (SSSR count). The number of hydrogen-bond donors (Lipinski definition) is 0. The third kappa shape index (κ3) is 2.64. The molecule has 0 saturated carbocycles. The number of esters is 1. The maximum absolute atomic E-state index is 11.4. The highest BCUT2D eigenvalue weighted by molar-refractivity contribution is 6.89. The average molecular weight is 238 g/mol. The maximum atomic E-state index is 11.4. The van der Waals surface area contributed by atoms with Crippen molar-refractivity contribution >= 4 is 19.2 Å². The van der Waals surface area contributed by atoms with Crippen molar-refractivity contribution in [3.63, 3.8) is 0 Å². The summed E-state index contributed by atoms with van der Waals surface area (Å²) < 4.78 is 10.0. The Morgan fingerprint density at radius 1 is 1.19 bits per heavy atom. The van der Waals surface area contributed by atoms with E-state index in [4.69, 9.17) is 9.47 Å². The first-order valence-corrected chi connectivity index (χ1v) is 8.67. The first-order chi connectivity index (χ1) is 7.40. The van der Waals surface area contributed by atoms with Crippen molar-refractivity contribution in [3.8, 4) is 5.75 Å². The highest BCUT2D eigenvalue weighted by atomic mass is 28.3. The van der Waals surface area contributed by atoms with E-state index in [2.05, 4.69) is 19.6 Å². The van der Waals surface area contributed by atoms with E-state index >= 15 is 0 Å². The number of carbonyl (C=O) groups is 1. The SMILES string of the molecule is COC(=O)c1ccc(OC)c([Si](C)(C)C)c1. The second kappa shape index (κ2) is 4.70. The van der Waals surface area contributed by atoms with Crippen LogP contribution in [0.25, 0.3) is 0 Å². The Hall–Kier alpha value is -1.29. The van der Waals surface area contributed by atoms with Crippen molar-refractivity contribution in [3.05, 3.63) is 23.8 Å². The lowest BCUT2D eigenvalue weighted by Crippen LogP contribution is -2.39. The van der Waals surface area contributed by atoms with Crippen LogP contribution < -0.4 is 9.92 Å². The molecule has 0 spiro atoms. The Balaban J connectivity index is 3.27. The quantitative estimate of drug-likeness (QED) is 0.597. The van der Waals surface area contributed by atoms with E-state index in [1.54, 1.807) is 13.2 Å². The molecule has 0 saturated heterocycles.